The first-order chi connectivity index (χ1) is 13.8. The zero-order chi connectivity index (χ0) is 21.0. The number of thioether (sulfide) groups is 1. The van der Waals surface area contributed by atoms with E-state index in [1.165, 1.54) is 23.5 Å². The number of nitrogens with zero attached hydrogens (tertiary/aromatic N) is 2. The number of nitrogens with two attached hydrogens (primary N) is 1. The highest BCUT2D eigenvalue weighted by Gasteiger charge is 2.13. The Balaban J connectivity index is 1.82. The molecule has 0 spiro atoms. The molecular weight excluding hydrogens is 450 g/mol. The Kier molecular flexibility index (Phi) is 7.18. The summed E-state index contributed by atoms with van der Waals surface area (Å²) >= 11 is 8.73. The van der Waals surface area contributed by atoms with Gasteiger partial charge in [0.15, 0.2) is 4.80 Å². The minimum atomic E-state index is -3.79. The van der Waals surface area contributed by atoms with Crippen LogP contribution in [-0.2, 0) is 21.4 Å². The third kappa shape index (κ3) is 5.70. The minimum Gasteiger partial charge on any atom is -0.316 e. The number of carbonyl (C=O) groups is 1. The van der Waals surface area contributed by atoms with Gasteiger partial charge in [-0.25, -0.2) is 13.6 Å². The molecule has 1 aromatic heterocycles. The fourth-order valence-electron chi connectivity index (χ4n) is 2.71. The monoisotopic (exact) mass is 469 g/mol. The molecule has 0 aliphatic carbocycles. The lowest BCUT2D eigenvalue weighted by Gasteiger charge is -2.03. The second kappa shape index (κ2) is 9.44. The van der Waals surface area contributed by atoms with Gasteiger partial charge in [-0.2, -0.15) is 4.99 Å². The molecule has 29 heavy (non-hydrogen) atoms. The fourth-order valence-corrected chi connectivity index (χ4v) is 5.40. The van der Waals surface area contributed by atoms with Crippen LogP contribution in [0.3, 0.4) is 0 Å². The van der Waals surface area contributed by atoms with Crippen LogP contribution < -0.4 is 9.94 Å². The molecule has 10 heteroatoms. The first kappa shape index (κ1) is 22.0. The van der Waals surface area contributed by atoms with E-state index in [-0.39, 0.29) is 10.8 Å². The molecule has 2 N–H and O–H groups in total. The predicted molar refractivity (Wildman–Crippen MR) is 119 cm³/mol. The van der Waals surface area contributed by atoms with Gasteiger partial charge in [-0.1, -0.05) is 29.9 Å². The van der Waals surface area contributed by atoms with Crippen LogP contribution in [0.25, 0.3) is 10.2 Å². The molecule has 0 aliphatic rings. The van der Waals surface area contributed by atoms with Crippen molar-refractivity contribution >= 4 is 60.8 Å². The highest BCUT2D eigenvalue weighted by atomic mass is 35.5. The van der Waals surface area contributed by atoms with E-state index < -0.39 is 10.0 Å². The third-order valence-corrected chi connectivity index (χ3v) is 7.27. The molecule has 3 rings (SSSR count). The van der Waals surface area contributed by atoms with E-state index in [4.69, 9.17) is 16.7 Å². The van der Waals surface area contributed by atoms with Gasteiger partial charge in [-0.05, 0) is 48.9 Å². The van der Waals surface area contributed by atoms with Gasteiger partial charge < -0.3 is 4.57 Å². The fraction of sp³-hybridized carbons (Fsp3) is 0.263. The number of primary sulfonamides is 1. The first-order valence-corrected chi connectivity index (χ1v) is 12.6. The standard InChI is InChI=1S/C19H20ClN3O3S3/c1-2-10-23-16-8-7-15(29(21,25)26)12-17(16)28-19(23)22-18(24)9-11-27-14-5-3-13(20)4-6-14/h3-8,12H,2,9-11H2,1H3,(H2,21,25,26). The highest BCUT2D eigenvalue weighted by molar-refractivity contribution is 7.99. The van der Waals surface area contributed by atoms with Crippen molar-refractivity contribution < 1.29 is 13.2 Å². The van der Waals surface area contributed by atoms with Crippen molar-refractivity contribution in [3.8, 4) is 0 Å². The van der Waals surface area contributed by atoms with Gasteiger partial charge in [0.05, 0.1) is 15.1 Å². The summed E-state index contributed by atoms with van der Waals surface area (Å²) in [6, 6.07) is 12.2. The Labute approximate surface area is 182 Å². The summed E-state index contributed by atoms with van der Waals surface area (Å²) < 4.78 is 25.9. The van der Waals surface area contributed by atoms with E-state index in [1.807, 2.05) is 35.8 Å². The predicted octanol–water partition coefficient (Wildman–Crippen LogP) is 4.02. The summed E-state index contributed by atoms with van der Waals surface area (Å²) in [5.74, 6) is 0.396. The number of carbonyl (C=O) groups excluding carboxylic acids is 1. The maximum Gasteiger partial charge on any atom is 0.249 e. The van der Waals surface area contributed by atoms with Crippen LogP contribution in [0.15, 0.2) is 57.2 Å². The van der Waals surface area contributed by atoms with Crippen LogP contribution in [0.2, 0.25) is 5.02 Å². The van der Waals surface area contributed by atoms with Crippen molar-refractivity contribution in [2.75, 3.05) is 5.75 Å². The van der Waals surface area contributed by atoms with Gasteiger partial charge in [0, 0.05) is 28.6 Å². The number of thiazole rings is 1. The average Bonchev–Trinajstić information content (AvgIpc) is 2.99. The van der Waals surface area contributed by atoms with Crippen molar-refractivity contribution in [2.45, 2.75) is 36.1 Å². The molecule has 1 heterocycles. The normalized spacial score (nSPS) is 12.6. The maximum atomic E-state index is 12.4. The molecule has 0 bridgehead atoms. The topological polar surface area (TPSA) is 94.5 Å². The number of aromatic nitrogens is 1. The lowest BCUT2D eigenvalue weighted by Crippen LogP contribution is -2.17. The molecule has 2 aromatic carbocycles. The van der Waals surface area contributed by atoms with Crippen LogP contribution in [-0.4, -0.2) is 24.6 Å². The summed E-state index contributed by atoms with van der Waals surface area (Å²) in [6.07, 6.45) is 1.16. The number of halogens is 1. The van der Waals surface area contributed by atoms with Gasteiger partial charge in [0.25, 0.3) is 0 Å². The summed E-state index contributed by atoms with van der Waals surface area (Å²) in [4.78, 5) is 18.3. The molecule has 0 atom stereocenters. The van der Waals surface area contributed by atoms with E-state index >= 15 is 0 Å². The second-order valence-corrected chi connectivity index (χ2v) is 10.4. The van der Waals surface area contributed by atoms with Crippen molar-refractivity contribution in [1.29, 1.82) is 0 Å². The number of hydrogen-bond donors (Lipinski definition) is 1. The summed E-state index contributed by atoms with van der Waals surface area (Å²) in [5, 5.41) is 5.90. The SMILES string of the molecule is CCCn1c(=NC(=O)CCSc2ccc(Cl)cc2)sc2cc(S(N)(=O)=O)ccc21. The smallest absolute Gasteiger partial charge is 0.249 e. The van der Waals surface area contributed by atoms with Gasteiger partial charge in [-0.3, -0.25) is 4.79 Å². The van der Waals surface area contributed by atoms with Crippen molar-refractivity contribution in [1.82, 2.24) is 4.57 Å². The van der Waals surface area contributed by atoms with Crippen LogP contribution in [0.4, 0.5) is 0 Å². The number of sulfonamides is 1. The summed E-state index contributed by atoms with van der Waals surface area (Å²) in [7, 11) is -3.79. The molecule has 6 nitrogen and oxygen atoms in total. The van der Waals surface area contributed by atoms with E-state index in [0.717, 1.165) is 21.5 Å². The molecule has 0 saturated heterocycles. The molecule has 1 amide bonds. The second-order valence-electron chi connectivity index (χ2n) is 6.27. The van der Waals surface area contributed by atoms with E-state index in [2.05, 4.69) is 4.99 Å². The number of fused-ring (bicyclic) bond motifs is 1. The molecule has 0 fully saturated rings. The minimum absolute atomic E-state index is 0.0483. The molecule has 0 saturated carbocycles. The van der Waals surface area contributed by atoms with Crippen LogP contribution >= 0.6 is 34.7 Å². The largest absolute Gasteiger partial charge is 0.316 e. The van der Waals surface area contributed by atoms with Crippen LogP contribution in [0.1, 0.15) is 19.8 Å². The highest BCUT2D eigenvalue weighted by Crippen LogP contribution is 2.23. The van der Waals surface area contributed by atoms with Crippen LogP contribution in [0, 0.1) is 0 Å². The average molecular weight is 470 g/mol. The first-order valence-electron chi connectivity index (χ1n) is 8.90. The molecule has 0 unspecified atom stereocenters. The molecular formula is C19H20ClN3O3S3. The third-order valence-electron chi connectivity index (χ3n) is 4.05. The molecule has 0 aliphatic heterocycles. The van der Waals surface area contributed by atoms with E-state index in [1.54, 1.807) is 17.8 Å². The van der Waals surface area contributed by atoms with Gasteiger partial charge in [-0.15, -0.1) is 11.8 Å². The number of aryl methyl sites for hydroxylation is 1. The Morgan fingerprint density at radius 1 is 1.24 bits per heavy atom. The lowest BCUT2D eigenvalue weighted by atomic mass is 10.3. The van der Waals surface area contributed by atoms with Gasteiger partial charge in [0.1, 0.15) is 0 Å². The van der Waals surface area contributed by atoms with Gasteiger partial charge >= 0.3 is 0 Å². The Hall–Kier alpha value is -1.65. The molecule has 0 radical (unpaired) electrons. The summed E-state index contributed by atoms with van der Waals surface area (Å²) in [5.41, 5.74) is 0.839. The van der Waals surface area contributed by atoms with Crippen LogP contribution in [0.5, 0.6) is 0 Å². The Bertz CT molecular complexity index is 1200. The molecule has 154 valence electrons. The summed E-state index contributed by atoms with van der Waals surface area (Å²) in [6.45, 7) is 2.71. The zero-order valence-electron chi connectivity index (χ0n) is 15.7. The van der Waals surface area contributed by atoms with Crippen molar-refractivity contribution in [3.05, 3.63) is 52.3 Å². The van der Waals surface area contributed by atoms with Crippen molar-refractivity contribution in [2.24, 2.45) is 10.1 Å². The van der Waals surface area contributed by atoms with E-state index in [0.29, 0.717) is 28.5 Å². The zero-order valence-corrected chi connectivity index (χ0v) is 18.9. The van der Waals surface area contributed by atoms with E-state index in [9.17, 15) is 13.2 Å². The van der Waals surface area contributed by atoms with Crippen molar-refractivity contribution in [3.63, 3.8) is 0 Å². The van der Waals surface area contributed by atoms with Gasteiger partial charge in [0.2, 0.25) is 15.9 Å². The number of rotatable bonds is 7. The molecule has 3 aromatic rings. The number of amides is 1. The number of benzene rings is 2. The lowest BCUT2D eigenvalue weighted by molar-refractivity contribution is -0.117. The maximum absolute atomic E-state index is 12.4. The quantitative estimate of drug-likeness (QED) is 0.528. The Morgan fingerprint density at radius 2 is 1.97 bits per heavy atom. The number of hydrogen-bond acceptors (Lipinski definition) is 5. The Morgan fingerprint density at radius 3 is 2.62 bits per heavy atom.